The quantitative estimate of drug-likeness (QED) is 0.801. The van der Waals surface area contributed by atoms with Crippen molar-refractivity contribution < 1.29 is 5.21 Å². The maximum Gasteiger partial charge on any atom is 0.0802 e. The lowest BCUT2D eigenvalue weighted by Gasteiger charge is -2.22. The summed E-state index contributed by atoms with van der Waals surface area (Å²) in [6, 6.07) is 7.01. The monoisotopic (exact) mass is 296 g/mol. The van der Waals surface area contributed by atoms with E-state index in [2.05, 4.69) is 41.4 Å². The van der Waals surface area contributed by atoms with Gasteiger partial charge in [-0.05, 0) is 54.9 Å². The Hall–Kier alpha value is -1.74. The van der Waals surface area contributed by atoms with Crippen LogP contribution in [0, 0.1) is 0 Å². The fourth-order valence-corrected chi connectivity index (χ4v) is 4.38. The largest absolute Gasteiger partial charge is 0.342 e. The van der Waals surface area contributed by atoms with E-state index in [1.807, 2.05) is 0 Å². The Morgan fingerprint density at radius 3 is 2.77 bits per heavy atom. The van der Waals surface area contributed by atoms with Crippen LogP contribution in [0.5, 0.6) is 0 Å². The van der Waals surface area contributed by atoms with Crippen LogP contribution < -0.4 is 5.48 Å². The maximum atomic E-state index is 9.41. The summed E-state index contributed by atoms with van der Waals surface area (Å²) in [5.41, 5.74) is 8.53. The highest BCUT2D eigenvalue weighted by atomic mass is 16.5. The van der Waals surface area contributed by atoms with Crippen molar-refractivity contribution in [1.29, 1.82) is 0 Å². The molecule has 0 spiro atoms. The zero-order valence-corrected chi connectivity index (χ0v) is 13.2. The summed E-state index contributed by atoms with van der Waals surface area (Å²) >= 11 is 0. The van der Waals surface area contributed by atoms with Crippen molar-refractivity contribution >= 4 is 16.6 Å². The summed E-state index contributed by atoms with van der Waals surface area (Å²) in [6.45, 7) is 0. The third kappa shape index (κ3) is 2.07. The highest BCUT2D eigenvalue weighted by Gasteiger charge is 2.22. The molecule has 0 aliphatic heterocycles. The van der Waals surface area contributed by atoms with Crippen LogP contribution in [0.1, 0.15) is 61.3 Å². The van der Waals surface area contributed by atoms with E-state index in [9.17, 15) is 5.21 Å². The lowest BCUT2D eigenvalue weighted by molar-refractivity contribution is 0.223. The molecule has 3 nitrogen and oxygen atoms in total. The third-order valence-corrected chi connectivity index (χ3v) is 5.52. The Bertz CT molecular complexity index is 735. The molecule has 0 unspecified atom stereocenters. The van der Waals surface area contributed by atoms with Crippen LogP contribution in [0.4, 0.5) is 0 Å². The molecule has 2 aromatic rings. The van der Waals surface area contributed by atoms with Gasteiger partial charge in [-0.15, -0.1) is 0 Å². The number of aromatic nitrogens is 1. The van der Waals surface area contributed by atoms with Crippen LogP contribution in [0.15, 0.2) is 24.3 Å². The van der Waals surface area contributed by atoms with Gasteiger partial charge in [-0.3, -0.25) is 10.7 Å². The second-order valence-corrected chi connectivity index (χ2v) is 6.77. The summed E-state index contributed by atoms with van der Waals surface area (Å²) in [4.78, 5) is 0. The van der Waals surface area contributed by atoms with Crippen LogP contribution in [0.2, 0.25) is 0 Å². The number of hydrogen-bond acceptors (Lipinski definition) is 2. The molecule has 2 aliphatic carbocycles. The molecule has 1 heterocycles. The fraction of sp³-hybridized carbons (Fsp3) is 0.474. The van der Waals surface area contributed by atoms with E-state index in [0.717, 1.165) is 30.2 Å². The van der Waals surface area contributed by atoms with Crippen molar-refractivity contribution in [3.63, 3.8) is 0 Å². The van der Waals surface area contributed by atoms with Crippen molar-refractivity contribution in [2.24, 2.45) is 7.05 Å². The molecule has 2 N–H and O–H groups in total. The van der Waals surface area contributed by atoms with E-state index >= 15 is 0 Å². The summed E-state index contributed by atoms with van der Waals surface area (Å²) in [5, 5.41) is 10.8. The topological polar surface area (TPSA) is 37.2 Å². The fourth-order valence-electron chi connectivity index (χ4n) is 4.38. The first kappa shape index (κ1) is 13.9. The molecule has 116 valence electrons. The Morgan fingerprint density at radius 2 is 2.00 bits per heavy atom. The lowest BCUT2D eigenvalue weighted by atomic mass is 9.83. The predicted octanol–water partition coefficient (Wildman–Crippen LogP) is 4.49. The van der Waals surface area contributed by atoms with Crippen molar-refractivity contribution in [1.82, 2.24) is 10.0 Å². The van der Waals surface area contributed by atoms with Gasteiger partial charge < -0.3 is 4.57 Å². The molecular weight excluding hydrogens is 272 g/mol. The SMILES string of the molecule is Cn1c2c(c3cc(C4CCCCC4)ccc31)CCC=C2NO. The molecule has 0 amide bonds. The highest BCUT2D eigenvalue weighted by molar-refractivity contribution is 5.91. The first-order chi connectivity index (χ1) is 10.8. The summed E-state index contributed by atoms with van der Waals surface area (Å²) in [7, 11) is 2.10. The van der Waals surface area contributed by atoms with Gasteiger partial charge >= 0.3 is 0 Å². The second kappa shape index (κ2) is 5.47. The van der Waals surface area contributed by atoms with E-state index < -0.39 is 0 Å². The molecule has 1 aromatic heterocycles. The summed E-state index contributed by atoms with van der Waals surface area (Å²) in [6.07, 6.45) is 11.0. The summed E-state index contributed by atoms with van der Waals surface area (Å²) in [5.74, 6) is 0.739. The number of rotatable bonds is 2. The van der Waals surface area contributed by atoms with Gasteiger partial charge in [0.2, 0.25) is 0 Å². The molecule has 0 radical (unpaired) electrons. The Labute approximate surface area is 131 Å². The molecule has 22 heavy (non-hydrogen) atoms. The second-order valence-electron chi connectivity index (χ2n) is 6.77. The van der Waals surface area contributed by atoms with Gasteiger partial charge in [-0.1, -0.05) is 31.4 Å². The van der Waals surface area contributed by atoms with Gasteiger partial charge in [-0.25, -0.2) is 0 Å². The molecule has 1 aromatic carbocycles. The zero-order chi connectivity index (χ0) is 15.1. The molecule has 0 saturated heterocycles. The van der Waals surface area contributed by atoms with Crippen LogP contribution in [-0.4, -0.2) is 9.77 Å². The van der Waals surface area contributed by atoms with E-state index in [1.54, 1.807) is 0 Å². The number of hydroxylamine groups is 1. The van der Waals surface area contributed by atoms with Crippen LogP contribution in [-0.2, 0) is 13.5 Å². The molecule has 1 fully saturated rings. The molecular formula is C19H24N2O. The molecule has 0 atom stereocenters. The van der Waals surface area contributed by atoms with Gasteiger partial charge in [0, 0.05) is 18.0 Å². The zero-order valence-electron chi connectivity index (χ0n) is 13.2. The first-order valence-electron chi connectivity index (χ1n) is 8.51. The Kier molecular flexibility index (Phi) is 3.45. The average Bonchev–Trinajstić information content (AvgIpc) is 2.88. The standard InChI is InChI=1S/C19H24N2O/c1-21-18-11-10-14(13-6-3-2-4-7-13)12-16(18)15-8-5-9-17(20-22)19(15)21/h9-13,20,22H,2-8H2,1H3. The Balaban J connectivity index is 1.85. The number of nitrogens with one attached hydrogen (secondary N) is 1. The highest BCUT2D eigenvalue weighted by Crippen LogP contribution is 2.38. The van der Waals surface area contributed by atoms with Crippen molar-refractivity contribution in [2.75, 3.05) is 0 Å². The third-order valence-electron chi connectivity index (χ3n) is 5.52. The van der Waals surface area contributed by atoms with Crippen LogP contribution in [0.3, 0.4) is 0 Å². The minimum absolute atomic E-state index is 0.739. The van der Waals surface area contributed by atoms with Crippen molar-refractivity contribution in [2.45, 2.75) is 50.9 Å². The molecule has 3 heteroatoms. The molecule has 2 aliphatic rings. The van der Waals surface area contributed by atoms with E-state index in [-0.39, 0.29) is 0 Å². The Morgan fingerprint density at radius 1 is 1.18 bits per heavy atom. The minimum Gasteiger partial charge on any atom is -0.342 e. The van der Waals surface area contributed by atoms with Gasteiger partial charge in [0.1, 0.15) is 0 Å². The number of hydrogen-bond donors (Lipinski definition) is 2. The van der Waals surface area contributed by atoms with Gasteiger partial charge in [0.15, 0.2) is 0 Å². The van der Waals surface area contributed by atoms with Gasteiger partial charge in [0.05, 0.1) is 11.4 Å². The predicted molar refractivity (Wildman–Crippen MR) is 90.0 cm³/mol. The maximum absolute atomic E-state index is 9.41. The normalized spacial score (nSPS) is 19.1. The van der Waals surface area contributed by atoms with E-state index in [1.165, 1.54) is 54.1 Å². The number of nitrogens with zero attached hydrogens (tertiary/aromatic N) is 1. The summed E-state index contributed by atoms with van der Waals surface area (Å²) < 4.78 is 2.21. The van der Waals surface area contributed by atoms with E-state index in [4.69, 9.17) is 0 Å². The van der Waals surface area contributed by atoms with Gasteiger partial charge in [0.25, 0.3) is 0 Å². The minimum atomic E-state index is 0.739. The van der Waals surface area contributed by atoms with Crippen molar-refractivity contribution in [3.05, 3.63) is 41.1 Å². The van der Waals surface area contributed by atoms with Gasteiger partial charge in [-0.2, -0.15) is 0 Å². The van der Waals surface area contributed by atoms with E-state index in [0.29, 0.717) is 0 Å². The smallest absolute Gasteiger partial charge is 0.0802 e. The average molecular weight is 296 g/mol. The molecule has 4 rings (SSSR count). The number of benzene rings is 1. The molecule has 1 saturated carbocycles. The number of allylic oxidation sites excluding steroid dienone is 1. The first-order valence-corrected chi connectivity index (χ1v) is 8.51. The number of aryl methyl sites for hydroxylation is 2. The van der Waals surface area contributed by atoms with Crippen LogP contribution in [0.25, 0.3) is 16.6 Å². The van der Waals surface area contributed by atoms with Crippen LogP contribution >= 0.6 is 0 Å². The van der Waals surface area contributed by atoms with Crippen molar-refractivity contribution in [3.8, 4) is 0 Å². The molecule has 0 bridgehead atoms. The number of fused-ring (bicyclic) bond motifs is 3. The lowest BCUT2D eigenvalue weighted by Crippen LogP contribution is -2.13.